The number of aromatic amines is 1. The number of aryl methyl sites for hydroxylation is 1. The van der Waals surface area contributed by atoms with Gasteiger partial charge in [-0.3, -0.25) is 4.90 Å². The third kappa shape index (κ3) is 3.43. The van der Waals surface area contributed by atoms with E-state index in [1.807, 2.05) is 37.5 Å². The largest absolute Gasteiger partial charge is 0.388 e. The zero-order chi connectivity index (χ0) is 20.0. The number of nitrogens with zero attached hydrogens (tertiary/aromatic N) is 3. The van der Waals surface area contributed by atoms with Gasteiger partial charge in [-0.15, -0.1) is 0 Å². The highest BCUT2D eigenvalue weighted by Crippen LogP contribution is 2.29. The van der Waals surface area contributed by atoms with E-state index in [0.717, 1.165) is 52.8 Å². The van der Waals surface area contributed by atoms with Crippen LogP contribution >= 0.6 is 0 Å². The molecule has 1 aliphatic heterocycles. The van der Waals surface area contributed by atoms with Crippen LogP contribution in [-0.2, 0) is 13.1 Å². The standard InChI is InChI=1S/C23H25FN4O/c1-16-18-12-17(24)6-7-19(18)26-21(16)13-27-10-8-23(29,9-11-27)14-28-15-25-20-4-2-3-5-22(20)28/h2-7,12,15,26,29H,8-11,13-14H2,1H3. The minimum Gasteiger partial charge on any atom is -0.388 e. The summed E-state index contributed by atoms with van der Waals surface area (Å²) in [6.45, 7) is 5.04. The van der Waals surface area contributed by atoms with Crippen LogP contribution in [0.1, 0.15) is 24.1 Å². The first-order chi connectivity index (χ1) is 14.0. The van der Waals surface area contributed by atoms with Gasteiger partial charge in [0.25, 0.3) is 0 Å². The molecule has 0 aliphatic carbocycles. The number of imidazole rings is 1. The van der Waals surface area contributed by atoms with Crippen LogP contribution in [-0.4, -0.2) is 43.2 Å². The van der Waals surface area contributed by atoms with E-state index < -0.39 is 5.60 Å². The molecule has 2 aromatic carbocycles. The van der Waals surface area contributed by atoms with Gasteiger partial charge in [0, 0.05) is 36.2 Å². The predicted octanol–water partition coefficient (Wildman–Crippen LogP) is 3.99. The minimum atomic E-state index is -0.724. The molecule has 0 radical (unpaired) electrons. The highest BCUT2D eigenvalue weighted by atomic mass is 19.1. The third-order valence-corrected chi connectivity index (χ3v) is 6.28. The molecule has 0 spiro atoms. The smallest absolute Gasteiger partial charge is 0.123 e. The van der Waals surface area contributed by atoms with Gasteiger partial charge in [0.15, 0.2) is 0 Å². The molecule has 29 heavy (non-hydrogen) atoms. The quantitative estimate of drug-likeness (QED) is 0.552. The van der Waals surface area contributed by atoms with E-state index in [1.54, 1.807) is 12.1 Å². The molecule has 1 fully saturated rings. The number of halogens is 1. The summed E-state index contributed by atoms with van der Waals surface area (Å²) >= 11 is 0. The molecular formula is C23H25FN4O. The lowest BCUT2D eigenvalue weighted by Crippen LogP contribution is -2.46. The normalized spacial score (nSPS) is 17.3. The zero-order valence-electron chi connectivity index (χ0n) is 16.5. The van der Waals surface area contributed by atoms with Crippen molar-refractivity contribution in [2.45, 2.75) is 38.5 Å². The van der Waals surface area contributed by atoms with E-state index in [-0.39, 0.29) is 5.82 Å². The van der Waals surface area contributed by atoms with Crippen molar-refractivity contribution in [3.05, 3.63) is 65.9 Å². The van der Waals surface area contributed by atoms with Crippen molar-refractivity contribution in [2.75, 3.05) is 13.1 Å². The number of hydrogen-bond acceptors (Lipinski definition) is 3. The molecule has 0 bridgehead atoms. The van der Waals surface area contributed by atoms with Gasteiger partial charge in [-0.1, -0.05) is 12.1 Å². The number of H-pyrrole nitrogens is 1. The van der Waals surface area contributed by atoms with Gasteiger partial charge in [0.1, 0.15) is 5.82 Å². The number of aliphatic hydroxyl groups is 1. The van der Waals surface area contributed by atoms with E-state index in [4.69, 9.17) is 0 Å². The number of rotatable bonds is 4. The molecule has 6 heteroatoms. The number of hydrogen-bond donors (Lipinski definition) is 2. The highest BCUT2D eigenvalue weighted by Gasteiger charge is 2.33. The molecule has 3 heterocycles. The van der Waals surface area contributed by atoms with Crippen LogP contribution in [0.25, 0.3) is 21.9 Å². The SMILES string of the molecule is Cc1c(CN2CCC(O)(Cn3cnc4ccccc43)CC2)[nH]c2ccc(F)cc12. The lowest BCUT2D eigenvalue weighted by Gasteiger charge is -2.38. The van der Waals surface area contributed by atoms with Crippen molar-refractivity contribution in [1.82, 2.24) is 19.4 Å². The monoisotopic (exact) mass is 392 g/mol. The molecule has 0 unspecified atom stereocenters. The molecule has 0 atom stereocenters. The van der Waals surface area contributed by atoms with Crippen LogP contribution in [0.15, 0.2) is 48.8 Å². The second-order valence-electron chi connectivity index (χ2n) is 8.28. The molecule has 1 saturated heterocycles. The second kappa shape index (κ2) is 6.97. The summed E-state index contributed by atoms with van der Waals surface area (Å²) in [5, 5.41) is 12.1. The third-order valence-electron chi connectivity index (χ3n) is 6.28. The van der Waals surface area contributed by atoms with Crippen LogP contribution in [0, 0.1) is 12.7 Å². The van der Waals surface area contributed by atoms with Crippen LogP contribution in [0.4, 0.5) is 4.39 Å². The summed E-state index contributed by atoms with van der Waals surface area (Å²) in [5.74, 6) is -0.207. The maximum Gasteiger partial charge on any atom is 0.123 e. The summed E-state index contributed by atoms with van der Waals surface area (Å²) in [7, 11) is 0. The van der Waals surface area contributed by atoms with Gasteiger partial charge in [-0.2, -0.15) is 0 Å². The molecule has 5 rings (SSSR count). The summed E-state index contributed by atoms with van der Waals surface area (Å²) in [4.78, 5) is 10.2. The molecule has 5 nitrogen and oxygen atoms in total. The fourth-order valence-corrected chi connectivity index (χ4v) is 4.48. The van der Waals surface area contributed by atoms with Gasteiger partial charge in [0.05, 0.1) is 29.5 Å². The van der Waals surface area contributed by atoms with E-state index in [2.05, 4.69) is 19.4 Å². The fourth-order valence-electron chi connectivity index (χ4n) is 4.48. The van der Waals surface area contributed by atoms with Gasteiger partial charge >= 0.3 is 0 Å². The molecule has 2 N–H and O–H groups in total. The van der Waals surface area contributed by atoms with Gasteiger partial charge in [-0.05, 0) is 55.7 Å². The Labute approximate surface area is 168 Å². The minimum absolute atomic E-state index is 0.207. The maximum atomic E-state index is 13.6. The van der Waals surface area contributed by atoms with Crippen molar-refractivity contribution in [3.8, 4) is 0 Å². The van der Waals surface area contributed by atoms with Crippen LogP contribution < -0.4 is 0 Å². The van der Waals surface area contributed by atoms with Gasteiger partial charge < -0.3 is 14.7 Å². The molecule has 0 saturated carbocycles. The Hall–Kier alpha value is -2.70. The molecule has 4 aromatic rings. The molecule has 1 aliphatic rings. The first-order valence-corrected chi connectivity index (χ1v) is 10.1. The summed E-state index contributed by atoms with van der Waals surface area (Å²) < 4.78 is 15.6. The Morgan fingerprint density at radius 3 is 2.79 bits per heavy atom. The second-order valence-corrected chi connectivity index (χ2v) is 8.28. The lowest BCUT2D eigenvalue weighted by atomic mass is 9.91. The number of aromatic nitrogens is 3. The zero-order valence-corrected chi connectivity index (χ0v) is 16.5. The van der Waals surface area contributed by atoms with Crippen molar-refractivity contribution < 1.29 is 9.50 Å². The summed E-state index contributed by atoms with van der Waals surface area (Å²) in [6.07, 6.45) is 3.25. The van der Waals surface area contributed by atoms with Crippen LogP contribution in [0.3, 0.4) is 0 Å². The van der Waals surface area contributed by atoms with Gasteiger partial charge in [-0.25, -0.2) is 9.37 Å². The number of fused-ring (bicyclic) bond motifs is 2. The molecule has 0 amide bonds. The van der Waals surface area contributed by atoms with Crippen LogP contribution in [0.2, 0.25) is 0 Å². The number of likely N-dealkylation sites (tertiary alicyclic amines) is 1. The molecule has 2 aromatic heterocycles. The number of piperidine rings is 1. The fraction of sp³-hybridized carbons (Fsp3) is 0.348. The van der Waals surface area contributed by atoms with Gasteiger partial charge in [0.2, 0.25) is 0 Å². The molecular weight excluding hydrogens is 367 g/mol. The number of para-hydroxylation sites is 2. The number of benzene rings is 2. The van der Waals surface area contributed by atoms with Crippen molar-refractivity contribution >= 4 is 21.9 Å². The number of nitrogens with one attached hydrogen (secondary N) is 1. The van der Waals surface area contributed by atoms with Crippen LogP contribution in [0.5, 0.6) is 0 Å². The Morgan fingerprint density at radius 1 is 1.17 bits per heavy atom. The topological polar surface area (TPSA) is 57.1 Å². The van der Waals surface area contributed by atoms with E-state index >= 15 is 0 Å². The van der Waals surface area contributed by atoms with E-state index in [0.29, 0.717) is 19.4 Å². The van der Waals surface area contributed by atoms with Crippen molar-refractivity contribution in [3.63, 3.8) is 0 Å². The average molecular weight is 392 g/mol. The summed E-state index contributed by atoms with van der Waals surface area (Å²) in [5.41, 5.74) is 4.49. The maximum absolute atomic E-state index is 13.6. The lowest BCUT2D eigenvalue weighted by molar-refractivity contribution is -0.0352. The predicted molar refractivity (Wildman–Crippen MR) is 112 cm³/mol. The molecule has 150 valence electrons. The Bertz CT molecular complexity index is 1170. The van der Waals surface area contributed by atoms with E-state index in [1.165, 1.54) is 6.07 Å². The first kappa shape index (κ1) is 18.3. The summed E-state index contributed by atoms with van der Waals surface area (Å²) in [6, 6.07) is 12.9. The highest BCUT2D eigenvalue weighted by molar-refractivity contribution is 5.84. The average Bonchev–Trinajstić information content (AvgIpc) is 3.25. The van der Waals surface area contributed by atoms with Crippen molar-refractivity contribution in [1.29, 1.82) is 0 Å². The van der Waals surface area contributed by atoms with E-state index in [9.17, 15) is 9.50 Å². The van der Waals surface area contributed by atoms with Crippen molar-refractivity contribution in [2.24, 2.45) is 0 Å². The Kier molecular flexibility index (Phi) is 4.41. The first-order valence-electron chi connectivity index (χ1n) is 10.1. The Balaban J connectivity index is 1.27. The Morgan fingerprint density at radius 2 is 1.97 bits per heavy atom.